The molecular weight excluding hydrogens is 246 g/mol. The van der Waals surface area contributed by atoms with Crippen molar-refractivity contribution >= 4 is 21.8 Å². The highest BCUT2D eigenvalue weighted by Gasteiger charge is 2.21. The quantitative estimate of drug-likeness (QED) is 0.586. The van der Waals surface area contributed by atoms with Crippen LogP contribution in [0.3, 0.4) is 0 Å². The van der Waals surface area contributed by atoms with Crippen LogP contribution in [0, 0.1) is 5.92 Å². The number of halogens is 1. The van der Waals surface area contributed by atoms with Crippen LogP contribution in [0.5, 0.6) is 0 Å². The molecule has 1 rings (SSSR count). The standard InChI is InChI=1S/C10H18BrNO2/c11-5-7-14-8-6-12-10(13)9-3-1-2-4-9/h9H,1-8H2,(H,12,13). The molecule has 0 aromatic carbocycles. The molecule has 0 bridgehead atoms. The van der Waals surface area contributed by atoms with Crippen molar-refractivity contribution in [2.75, 3.05) is 25.1 Å². The van der Waals surface area contributed by atoms with Gasteiger partial charge in [0.25, 0.3) is 0 Å². The van der Waals surface area contributed by atoms with E-state index in [1.165, 1.54) is 12.8 Å². The summed E-state index contributed by atoms with van der Waals surface area (Å²) in [5.74, 6) is 0.483. The average Bonchev–Trinajstić information content (AvgIpc) is 2.70. The van der Waals surface area contributed by atoms with E-state index in [4.69, 9.17) is 4.74 Å². The second kappa shape index (κ2) is 7.23. The van der Waals surface area contributed by atoms with Crippen molar-refractivity contribution in [3.05, 3.63) is 0 Å². The molecule has 0 aromatic heterocycles. The number of nitrogens with one attached hydrogen (secondary N) is 1. The third kappa shape index (κ3) is 4.42. The number of carbonyl (C=O) groups excluding carboxylic acids is 1. The number of hydrogen-bond donors (Lipinski definition) is 1. The number of alkyl halides is 1. The van der Waals surface area contributed by atoms with Crippen molar-refractivity contribution in [2.24, 2.45) is 5.92 Å². The summed E-state index contributed by atoms with van der Waals surface area (Å²) < 4.78 is 5.23. The first-order valence-corrected chi connectivity index (χ1v) is 6.38. The molecule has 0 aliphatic heterocycles. The van der Waals surface area contributed by atoms with E-state index in [-0.39, 0.29) is 11.8 Å². The highest BCUT2D eigenvalue weighted by Crippen LogP contribution is 2.24. The molecule has 82 valence electrons. The molecule has 1 amide bonds. The fraction of sp³-hybridized carbons (Fsp3) is 0.900. The number of amides is 1. The molecule has 0 heterocycles. The first kappa shape index (κ1) is 12.0. The number of rotatable bonds is 6. The number of hydrogen-bond acceptors (Lipinski definition) is 2. The minimum Gasteiger partial charge on any atom is -0.379 e. The van der Waals surface area contributed by atoms with Gasteiger partial charge >= 0.3 is 0 Å². The summed E-state index contributed by atoms with van der Waals surface area (Å²) in [7, 11) is 0. The maximum atomic E-state index is 11.5. The molecule has 1 aliphatic rings. The van der Waals surface area contributed by atoms with Crippen molar-refractivity contribution in [1.82, 2.24) is 5.32 Å². The molecule has 4 heteroatoms. The molecule has 3 nitrogen and oxygen atoms in total. The predicted octanol–water partition coefficient (Wildman–Crippen LogP) is 1.70. The van der Waals surface area contributed by atoms with Crippen LogP contribution in [0.4, 0.5) is 0 Å². The van der Waals surface area contributed by atoms with Gasteiger partial charge in [-0.05, 0) is 12.8 Å². The maximum Gasteiger partial charge on any atom is 0.223 e. The van der Waals surface area contributed by atoms with Crippen molar-refractivity contribution in [1.29, 1.82) is 0 Å². The van der Waals surface area contributed by atoms with Crippen LogP contribution in [0.2, 0.25) is 0 Å². The van der Waals surface area contributed by atoms with Gasteiger partial charge in [-0.25, -0.2) is 0 Å². The van der Waals surface area contributed by atoms with Gasteiger partial charge in [0.1, 0.15) is 0 Å². The Balaban J connectivity index is 1.97. The lowest BCUT2D eigenvalue weighted by molar-refractivity contribution is -0.125. The Morgan fingerprint density at radius 1 is 1.36 bits per heavy atom. The molecule has 1 saturated carbocycles. The van der Waals surface area contributed by atoms with Crippen LogP contribution in [-0.2, 0) is 9.53 Å². The van der Waals surface area contributed by atoms with Crippen LogP contribution < -0.4 is 5.32 Å². The topological polar surface area (TPSA) is 38.3 Å². The van der Waals surface area contributed by atoms with Crippen LogP contribution in [0.15, 0.2) is 0 Å². The van der Waals surface area contributed by atoms with E-state index < -0.39 is 0 Å². The molecule has 1 N–H and O–H groups in total. The lowest BCUT2D eigenvalue weighted by Crippen LogP contribution is -2.32. The van der Waals surface area contributed by atoms with Gasteiger partial charge in [-0.3, -0.25) is 4.79 Å². The van der Waals surface area contributed by atoms with E-state index in [1.807, 2.05) is 0 Å². The van der Waals surface area contributed by atoms with Crippen LogP contribution in [0.25, 0.3) is 0 Å². The molecular formula is C10H18BrNO2. The lowest BCUT2D eigenvalue weighted by Gasteiger charge is -2.09. The minimum absolute atomic E-state index is 0.213. The lowest BCUT2D eigenvalue weighted by atomic mass is 10.1. The Kier molecular flexibility index (Phi) is 6.19. The van der Waals surface area contributed by atoms with Crippen LogP contribution >= 0.6 is 15.9 Å². The summed E-state index contributed by atoms with van der Waals surface area (Å²) in [5.41, 5.74) is 0. The van der Waals surface area contributed by atoms with Crippen LogP contribution in [-0.4, -0.2) is 31.0 Å². The van der Waals surface area contributed by atoms with E-state index >= 15 is 0 Å². The normalized spacial score (nSPS) is 17.2. The van der Waals surface area contributed by atoms with E-state index in [0.717, 1.165) is 18.2 Å². The monoisotopic (exact) mass is 263 g/mol. The zero-order chi connectivity index (χ0) is 10.2. The van der Waals surface area contributed by atoms with Gasteiger partial charge in [-0.15, -0.1) is 0 Å². The Bertz CT molecular complexity index is 170. The summed E-state index contributed by atoms with van der Waals surface area (Å²) in [6.45, 7) is 1.96. The SMILES string of the molecule is O=C(NCCOCCBr)C1CCCC1. The number of ether oxygens (including phenoxy) is 1. The highest BCUT2D eigenvalue weighted by atomic mass is 79.9. The summed E-state index contributed by atoms with van der Waals surface area (Å²) in [4.78, 5) is 11.5. The molecule has 0 radical (unpaired) electrons. The van der Waals surface area contributed by atoms with Gasteiger partial charge in [0.15, 0.2) is 0 Å². The third-order valence-electron chi connectivity index (χ3n) is 2.49. The summed E-state index contributed by atoms with van der Waals surface area (Å²) >= 11 is 3.27. The molecule has 0 spiro atoms. The largest absolute Gasteiger partial charge is 0.379 e. The van der Waals surface area contributed by atoms with E-state index in [1.54, 1.807) is 0 Å². The Hall–Kier alpha value is -0.0900. The van der Waals surface area contributed by atoms with E-state index in [2.05, 4.69) is 21.2 Å². The van der Waals surface area contributed by atoms with Crippen LogP contribution in [0.1, 0.15) is 25.7 Å². The molecule has 0 aromatic rings. The zero-order valence-electron chi connectivity index (χ0n) is 8.43. The average molecular weight is 264 g/mol. The van der Waals surface area contributed by atoms with Gasteiger partial charge in [0.05, 0.1) is 13.2 Å². The fourth-order valence-corrected chi connectivity index (χ4v) is 1.96. The molecule has 1 fully saturated rings. The summed E-state index contributed by atoms with van der Waals surface area (Å²) in [6.07, 6.45) is 4.54. The second-order valence-electron chi connectivity index (χ2n) is 3.57. The molecule has 0 saturated heterocycles. The molecule has 0 atom stereocenters. The van der Waals surface area contributed by atoms with Gasteiger partial charge in [-0.1, -0.05) is 28.8 Å². The highest BCUT2D eigenvalue weighted by molar-refractivity contribution is 9.09. The Morgan fingerprint density at radius 3 is 2.71 bits per heavy atom. The van der Waals surface area contributed by atoms with Gasteiger partial charge in [-0.2, -0.15) is 0 Å². The van der Waals surface area contributed by atoms with Gasteiger partial charge in [0.2, 0.25) is 5.91 Å². The number of carbonyl (C=O) groups is 1. The smallest absolute Gasteiger partial charge is 0.223 e. The third-order valence-corrected chi connectivity index (χ3v) is 2.82. The minimum atomic E-state index is 0.213. The fourth-order valence-electron chi connectivity index (χ4n) is 1.74. The Morgan fingerprint density at radius 2 is 2.07 bits per heavy atom. The first-order chi connectivity index (χ1) is 6.84. The first-order valence-electron chi connectivity index (χ1n) is 5.26. The van der Waals surface area contributed by atoms with Crippen molar-refractivity contribution in [3.63, 3.8) is 0 Å². The predicted molar refractivity (Wildman–Crippen MR) is 59.6 cm³/mol. The van der Waals surface area contributed by atoms with Crippen molar-refractivity contribution < 1.29 is 9.53 Å². The Labute approximate surface area is 93.7 Å². The van der Waals surface area contributed by atoms with Crippen molar-refractivity contribution in [3.8, 4) is 0 Å². The maximum absolute atomic E-state index is 11.5. The van der Waals surface area contributed by atoms with Gasteiger partial charge < -0.3 is 10.1 Å². The zero-order valence-corrected chi connectivity index (χ0v) is 10.0. The van der Waals surface area contributed by atoms with E-state index in [0.29, 0.717) is 19.8 Å². The molecule has 14 heavy (non-hydrogen) atoms. The van der Waals surface area contributed by atoms with Crippen molar-refractivity contribution in [2.45, 2.75) is 25.7 Å². The summed E-state index contributed by atoms with van der Waals surface area (Å²) in [5, 5.41) is 3.76. The van der Waals surface area contributed by atoms with Gasteiger partial charge in [0, 0.05) is 17.8 Å². The molecule has 1 aliphatic carbocycles. The molecule has 0 unspecified atom stereocenters. The second-order valence-corrected chi connectivity index (χ2v) is 4.37. The van der Waals surface area contributed by atoms with E-state index in [9.17, 15) is 4.79 Å². The summed E-state index contributed by atoms with van der Waals surface area (Å²) in [6, 6.07) is 0.